The molecule has 6 heteroatoms. The van der Waals surface area contributed by atoms with E-state index in [2.05, 4.69) is 0 Å². The molecule has 5 nitrogen and oxygen atoms in total. The van der Waals surface area contributed by atoms with Crippen LogP contribution in [-0.2, 0) is 22.7 Å². The minimum absolute atomic E-state index is 0.0484. The van der Waals surface area contributed by atoms with Gasteiger partial charge in [-0.15, -0.1) is 11.3 Å². The molecule has 25 heavy (non-hydrogen) atoms. The first-order chi connectivity index (χ1) is 12.0. The van der Waals surface area contributed by atoms with Crippen molar-refractivity contribution >= 4 is 29.1 Å². The second kappa shape index (κ2) is 7.19. The number of hydrogen-bond donors (Lipinski definition) is 0. The van der Waals surface area contributed by atoms with Crippen molar-refractivity contribution in [1.29, 1.82) is 0 Å². The van der Waals surface area contributed by atoms with Crippen LogP contribution in [0.4, 0.5) is 0 Å². The van der Waals surface area contributed by atoms with Crippen LogP contribution in [-0.4, -0.2) is 34.6 Å². The topological polar surface area (TPSA) is 57.7 Å². The standard InChI is InChI=1S/C19H20N2O3S/c1-13-9-10-25-16(13)12-20(2)19(24)15-5-3-14(4-6-15)11-21-17(22)7-8-18(21)23/h3-6,9-10H,7-8,11-12H2,1-2H3. The molecule has 2 heterocycles. The quantitative estimate of drug-likeness (QED) is 0.774. The molecule has 130 valence electrons. The van der Waals surface area contributed by atoms with E-state index in [4.69, 9.17) is 0 Å². The summed E-state index contributed by atoms with van der Waals surface area (Å²) >= 11 is 1.65. The molecule has 0 radical (unpaired) electrons. The summed E-state index contributed by atoms with van der Waals surface area (Å²) in [6.07, 6.45) is 0.588. The van der Waals surface area contributed by atoms with Crippen LogP contribution in [0.2, 0.25) is 0 Å². The molecule has 0 atom stereocenters. The van der Waals surface area contributed by atoms with Gasteiger partial charge in [0.2, 0.25) is 11.8 Å². The third kappa shape index (κ3) is 3.79. The second-order valence-corrected chi connectivity index (χ2v) is 7.26. The number of benzene rings is 1. The Bertz CT molecular complexity index is 794. The molecule has 0 spiro atoms. The molecule has 1 saturated heterocycles. The largest absolute Gasteiger partial charge is 0.337 e. The van der Waals surface area contributed by atoms with Crippen molar-refractivity contribution in [3.05, 3.63) is 57.3 Å². The molecule has 3 amide bonds. The Morgan fingerprint density at radius 1 is 1.12 bits per heavy atom. The highest BCUT2D eigenvalue weighted by Crippen LogP contribution is 2.19. The summed E-state index contributed by atoms with van der Waals surface area (Å²) in [4.78, 5) is 40.1. The van der Waals surface area contributed by atoms with Gasteiger partial charge in [-0.05, 0) is 41.6 Å². The van der Waals surface area contributed by atoms with Gasteiger partial charge in [-0.25, -0.2) is 0 Å². The van der Waals surface area contributed by atoms with E-state index in [9.17, 15) is 14.4 Å². The Kier molecular flexibility index (Phi) is 4.99. The molecular weight excluding hydrogens is 336 g/mol. The van der Waals surface area contributed by atoms with Crippen molar-refractivity contribution in [2.24, 2.45) is 0 Å². The van der Waals surface area contributed by atoms with Crippen LogP contribution in [0, 0.1) is 6.92 Å². The predicted molar refractivity (Wildman–Crippen MR) is 96.1 cm³/mol. The lowest BCUT2D eigenvalue weighted by molar-refractivity contribution is -0.139. The number of hydrogen-bond acceptors (Lipinski definition) is 4. The third-order valence-electron chi connectivity index (χ3n) is 4.39. The van der Waals surface area contributed by atoms with E-state index in [0.29, 0.717) is 24.9 Å². The van der Waals surface area contributed by atoms with Crippen LogP contribution in [0.5, 0.6) is 0 Å². The van der Waals surface area contributed by atoms with E-state index in [1.165, 1.54) is 15.3 Å². The van der Waals surface area contributed by atoms with E-state index in [0.717, 1.165) is 5.56 Å². The first-order valence-corrected chi connectivity index (χ1v) is 9.04. The zero-order chi connectivity index (χ0) is 18.0. The van der Waals surface area contributed by atoms with Gasteiger partial charge in [0, 0.05) is 30.3 Å². The molecular formula is C19H20N2O3S. The molecule has 1 aliphatic heterocycles. The van der Waals surface area contributed by atoms with Crippen molar-refractivity contribution in [3.63, 3.8) is 0 Å². The summed E-state index contributed by atoms with van der Waals surface area (Å²) in [6, 6.07) is 9.15. The highest BCUT2D eigenvalue weighted by atomic mass is 32.1. The van der Waals surface area contributed by atoms with E-state index in [-0.39, 0.29) is 24.3 Å². The molecule has 0 saturated carbocycles. The normalized spacial score (nSPS) is 14.2. The van der Waals surface area contributed by atoms with E-state index in [1.807, 2.05) is 18.4 Å². The molecule has 1 aliphatic rings. The molecule has 1 fully saturated rings. The summed E-state index contributed by atoms with van der Waals surface area (Å²) in [6.45, 7) is 2.90. The third-order valence-corrected chi connectivity index (χ3v) is 5.40. The van der Waals surface area contributed by atoms with Gasteiger partial charge in [-0.3, -0.25) is 19.3 Å². The maximum Gasteiger partial charge on any atom is 0.253 e. The van der Waals surface area contributed by atoms with Crippen molar-refractivity contribution in [1.82, 2.24) is 9.80 Å². The Labute approximate surface area is 150 Å². The number of aryl methyl sites for hydroxylation is 1. The fourth-order valence-corrected chi connectivity index (χ4v) is 3.77. The zero-order valence-electron chi connectivity index (χ0n) is 14.3. The highest BCUT2D eigenvalue weighted by Gasteiger charge is 2.28. The second-order valence-electron chi connectivity index (χ2n) is 6.26. The number of rotatable bonds is 5. The number of carbonyl (C=O) groups is 3. The van der Waals surface area contributed by atoms with Crippen LogP contribution in [0.1, 0.15) is 39.2 Å². The first-order valence-electron chi connectivity index (χ1n) is 8.16. The monoisotopic (exact) mass is 356 g/mol. The van der Waals surface area contributed by atoms with Gasteiger partial charge < -0.3 is 4.90 Å². The lowest BCUT2D eigenvalue weighted by atomic mass is 10.1. The lowest BCUT2D eigenvalue weighted by Gasteiger charge is -2.18. The van der Waals surface area contributed by atoms with Gasteiger partial charge in [0.1, 0.15) is 0 Å². The number of amides is 3. The lowest BCUT2D eigenvalue weighted by Crippen LogP contribution is -2.28. The van der Waals surface area contributed by atoms with Crippen molar-refractivity contribution in [2.45, 2.75) is 32.9 Å². The van der Waals surface area contributed by atoms with E-state index < -0.39 is 0 Å². The summed E-state index contributed by atoms with van der Waals surface area (Å²) in [5.41, 5.74) is 2.64. The number of likely N-dealkylation sites (tertiary alicyclic amines) is 1. The Morgan fingerprint density at radius 2 is 1.76 bits per heavy atom. The van der Waals surface area contributed by atoms with Crippen molar-refractivity contribution in [2.75, 3.05) is 7.05 Å². The average molecular weight is 356 g/mol. The number of carbonyl (C=O) groups excluding carboxylic acids is 3. The van der Waals surface area contributed by atoms with Crippen LogP contribution in [0.3, 0.4) is 0 Å². The smallest absolute Gasteiger partial charge is 0.253 e. The number of imide groups is 1. The van der Waals surface area contributed by atoms with Gasteiger partial charge in [-0.1, -0.05) is 12.1 Å². The molecule has 1 aromatic carbocycles. The summed E-state index contributed by atoms with van der Waals surface area (Å²) in [7, 11) is 1.79. The highest BCUT2D eigenvalue weighted by molar-refractivity contribution is 7.10. The van der Waals surface area contributed by atoms with Gasteiger partial charge in [0.15, 0.2) is 0 Å². The molecule has 0 N–H and O–H groups in total. The Hall–Kier alpha value is -2.47. The number of nitrogens with zero attached hydrogens (tertiary/aromatic N) is 2. The predicted octanol–water partition coefficient (Wildman–Crippen LogP) is 2.98. The maximum atomic E-state index is 12.6. The summed E-state index contributed by atoms with van der Waals surface area (Å²) < 4.78 is 0. The fourth-order valence-electron chi connectivity index (χ4n) is 2.81. The number of thiophene rings is 1. The maximum absolute atomic E-state index is 12.6. The summed E-state index contributed by atoms with van der Waals surface area (Å²) in [5.74, 6) is -0.305. The van der Waals surface area contributed by atoms with Crippen LogP contribution < -0.4 is 0 Å². The van der Waals surface area contributed by atoms with Crippen LogP contribution in [0.25, 0.3) is 0 Å². The van der Waals surface area contributed by atoms with Gasteiger partial charge >= 0.3 is 0 Å². The molecule has 2 aromatic rings. The minimum Gasteiger partial charge on any atom is -0.337 e. The molecule has 3 rings (SSSR count). The van der Waals surface area contributed by atoms with Gasteiger partial charge in [0.25, 0.3) is 5.91 Å². The minimum atomic E-state index is -0.129. The summed E-state index contributed by atoms with van der Waals surface area (Å²) in [5, 5.41) is 2.03. The molecule has 1 aromatic heterocycles. The molecule has 0 unspecified atom stereocenters. The van der Waals surface area contributed by atoms with E-state index >= 15 is 0 Å². The first kappa shape index (κ1) is 17.4. The van der Waals surface area contributed by atoms with Crippen LogP contribution >= 0.6 is 11.3 Å². The van der Waals surface area contributed by atoms with E-state index in [1.54, 1.807) is 47.5 Å². The van der Waals surface area contributed by atoms with Crippen LogP contribution in [0.15, 0.2) is 35.7 Å². The van der Waals surface area contributed by atoms with Gasteiger partial charge in [0.05, 0.1) is 13.1 Å². The molecule has 0 aliphatic carbocycles. The molecule has 0 bridgehead atoms. The van der Waals surface area contributed by atoms with Crippen molar-refractivity contribution < 1.29 is 14.4 Å². The fraction of sp³-hybridized carbons (Fsp3) is 0.316. The zero-order valence-corrected chi connectivity index (χ0v) is 15.1. The Balaban J connectivity index is 1.65. The average Bonchev–Trinajstić information content (AvgIpc) is 3.15. The Morgan fingerprint density at radius 3 is 2.32 bits per heavy atom. The van der Waals surface area contributed by atoms with Gasteiger partial charge in [-0.2, -0.15) is 0 Å². The SMILES string of the molecule is Cc1ccsc1CN(C)C(=O)c1ccc(CN2C(=O)CCC2=O)cc1. The van der Waals surface area contributed by atoms with Crippen molar-refractivity contribution in [3.8, 4) is 0 Å².